The third kappa shape index (κ3) is 4.52. The van der Waals surface area contributed by atoms with Crippen molar-refractivity contribution in [2.75, 3.05) is 20.8 Å². The first-order valence-electron chi connectivity index (χ1n) is 8.21. The van der Waals surface area contributed by atoms with Crippen LogP contribution in [0.3, 0.4) is 0 Å². The molecule has 1 N–H and O–H groups in total. The summed E-state index contributed by atoms with van der Waals surface area (Å²) in [6.45, 7) is -0.168. The molecule has 1 amide bonds. The standard InChI is InChI=1S/C20H19N3O4/c1-25-16-9-8-14(11-18(16)26-2)12-22-23-19(24)13-27-17-7-3-5-15-6-4-10-21-20(15)17/h3-12H,13H2,1-2H3,(H,23,24)/b22-12-. The summed E-state index contributed by atoms with van der Waals surface area (Å²) in [7, 11) is 3.12. The highest BCUT2D eigenvalue weighted by Gasteiger charge is 2.06. The van der Waals surface area contributed by atoms with Gasteiger partial charge in [0.15, 0.2) is 18.1 Å². The van der Waals surface area contributed by atoms with Gasteiger partial charge < -0.3 is 14.2 Å². The van der Waals surface area contributed by atoms with E-state index in [0.717, 1.165) is 10.9 Å². The van der Waals surface area contributed by atoms with Gasteiger partial charge in [-0.25, -0.2) is 5.43 Å². The van der Waals surface area contributed by atoms with Crippen molar-refractivity contribution in [1.29, 1.82) is 0 Å². The van der Waals surface area contributed by atoms with E-state index in [1.54, 1.807) is 44.7 Å². The monoisotopic (exact) mass is 365 g/mol. The third-order valence-corrected chi connectivity index (χ3v) is 3.76. The SMILES string of the molecule is COc1ccc(/C=N\NC(=O)COc2cccc3cccnc23)cc1OC. The Morgan fingerprint density at radius 3 is 2.70 bits per heavy atom. The molecule has 3 rings (SSSR count). The number of aromatic nitrogens is 1. The lowest BCUT2D eigenvalue weighted by Crippen LogP contribution is -2.24. The number of para-hydroxylation sites is 1. The van der Waals surface area contributed by atoms with Crippen molar-refractivity contribution in [3.05, 3.63) is 60.3 Å². The summed E-state index contributed by atoms with van der Waals surface area (Å²) >= 11 is 0. The fourth-order valence-corrected chi connectivity index (χ4v) is 2.48. The fraction of sp³-hybridized carbons (Fsp3) is 0.150. The van der Waals surface area contributed by atoms with Gasteiger partial charge in [-0.15, -0.1) is 0 Å². The largest absolute Gasteiger partial charge is 0.493 e. The molecule has 0 atom stereocenters. The third-order valence-electron chi connectivity index (χ3n) is 3.76. The maximum absolute atomic E-state index is 12.0. The van der Waals surface area contributed by atoms with Crippen LogP contribution in [-0.4, -0.2) is 37.9 Å². The number of methoxy groups -OCH3 is 2. The molecule has 0 spiro atoms. The van der Waals surface area contributed by atoms with Crippen molar-refractivity contribution in [3.8, 4) is 17.2 Å². The summed E-state index contributed by atoms with van der Waals surface area (Å²) in [5, 5.41) is 4.88. The second-order valence-electron chi connectivity index (χ2n) is 5.53. The van der Waals surface area contributed by atoms with Gasteiger partial charge in [0, 0.05) is 11.6 Å². The quantitative estimate of drug-likeness (QED) is 0.514. The molecule has 1 heterocycles. The first-order valence-corrected chi connectivity index (χ1v) is 8.21. The van der Waals surface area contributed by atoms with E-state index >= 15 is 0 Å². The van der Waals surface area contributed by atoms with Gasteiger partial charge in [-0.2, -0.15) is 5.10 Å². The average Bonchev–Trinajstić information content (AvgIpc) is 2.72. The Morgan fingerprint density at radius 2 is 1.89 bits per heavy atom. The van der Waals surface area contributed by atoms with E-state index in [1.165, 1.54) is 6.21 Å². The second kappa shape index (κ2) is 8.66. The number of nitrogens with one attached hydrogen (secondary N) is 1. The maximum Gasteiger partial charge on any atom is 0.277 e. The minimum Gasteiger partial charge on any atom is -0.493 e. The molecule has 0 fully saturated rings. The number of hydrogen-bond donors (Lipinski definition) is 1. The molecule has 3 aromatic rings. The number of hydrogen-bond acceptors (Lipinski definition) is 6. The maximum atomic E-state index is 12.0. The predicted molar refractivity (Wildman–Crippen MR) is 103 cm³/mol. The second-order valence-corrected chi connectivity index (χ2v) is 5.53. The average molecular weight is 365 g/mol. The molecule has 0 radical (unpaired) electrons. The lowest BCUT2D eigenvalue weighted by atomic mass is 10.2. The Morgan fingerprint density at radius 1 is 1.07 bits per heavy atom. The summed E-state index contributed by atoms with van der Waals surface area (Å²) in [4.78, 5) is 16.2. The molecule has 0 aliphatic rings. The van der Waals surface area contributed by atoms with E-state index in [4.69, 9.17) is 14.2 Å². The van der Waals surface area contributed by atoms with Gasteiger partial charge in [0.1, 0.15) is 11.3 Å². The molecule has 1 aromatic heterocycles. The van der Waals surface area contributed by atoms with Crippen LogP contribution in [0, 0.1) is 0 Å². The summed E-state index contributed by atoms with van der Waals surface area (Å²) in [6, 6.07) is 14.7. The highest BCUT2D eigenvalue weighted by molar-refractivity contribution is 5.86. The number of ether oxygens (including phenoxy) is 3. The van der Waals surface area contributed by atoms with Crippen LogP contribution >= 0.6 is 0 Å². The summed E-state index contributed by atoms with van der Waals surface area (Å²) < 4.78 is 16.0. The molecule has 0 saturated carbocycles. The zero-order valence-corrected chi connectivity index (χ0v) is 15.0. The van der Waals surface area contributed by atoms with Crippen LogP contribution in [0.2, 0.25) is 0 Å². The number of hydrazone groups is 1. The first-order chi connectivity index (χ1) is 13.2. The number of pyridine rings is 1. The lowest BCUT2D eigenvalue weighted by molar-refractivity contribution is -0.123. The zero-order chi connectivity index (χ0) is 19.1. The molecule has 2 aromatic carbocycles. The van der Waals surface area contributed by atoms with Crippen LogP contribution in [0.4, 0.5) is 0 Å². The predicted octanol–water partition coefficient (Wildman–Crippen LogP) is 2.78. The van der Waals surface area contributed by atoms with E-state index in [9.17, 15) is 4.79 Å². The summed E-state index contributed by atoms with van der Waals surface area (Å²) in [6.07, 6.45) is 3.20. The van der Waals surface area contributed by atoms with Crippen molar-refractivity contribution in [2.45, 2.75) is 0 Å². The van der Waals surface area contributed by atoms with Crippen LogP contribution < -0.4 is 19.6 Å². The van der Waals surface area contributed by atoms with Gasteiger partial charge in [-0.3, -0.25) is 9.78 Å². The molecule has 138 valence electrons. The van der Waals surface area contributed by atoms with E-state index in [-0.39, 0.29) is 12.5 Å². The molecule has 7 heteroatoms. The summed E-state index contributed by atoms with van der Waals surface area (Å²) in [5.74, 6) is 1.38. The number of nitrogens with zero attached hydrogens (tertiary/aromatic N) is 2. The van der Waals surface area contributed by atoms with Gasteiger partial charge in [0.05, 0.1) is 20.4 Å². The number of carbonyl (C=O) groups excluding carboxylic acids is 1. The normalized spacial score (nSPS) is 10.7. The first kappa shape index (κ1) is 18.2. The van der Waals surface area contributed by atoms with E-state index in [1.807, 2.05) is 24.3 Å². The van der Waals surface area contributed by atoms with Crippen molar-refractivity contribution in [1.82, 2.24) is 10.4 Å². The van der Waals surface area contributed by atoms with Crippen LogP contribution in [0.1, 0.15) is 5.56 Å². The van der Waals surface area contributed by atoms with Crippen LogP contribution in [0.15, 0.2) is 59.8 Å². The van der Waals surface area contributed by atoms with Crippen LogP contribution in [0.25, 0.3) is 10.9 Å². The smallest absolute Gasteiger partial charge is 0.277 e. The molecular weight excluding hydrogens is 346 g/mol. The lowest BCUT2D eigenvalue weighted by Gasteiger charge is -2.08. The van der Waals surface area contributed by atoms with E-state index < -0.39 is 0 Å². The molecule has 7 nitrogen and oxygen atoms in total. The minimum atomic E-state index is -0.375. The van der Waals surface area contributed by atoms with Crippen LogP contribution in [0.5, 0.6) is 17.2 Å². The molecule has 0 aliphatic carbocycles. The molecule has 0 bridgehead atoms. The van der Waals surface area contributed by atoms with Crippen molar-refractivity contribution >= 4 is 23.0 Å². The summed E-state index contributed by atoms with van der Waals surface area (Å²) in [5.41, 5.74) is 3.90. The number of amides is 1. The Balaban J connectivity index is 1.57. The number of rotatable bonds is 7. The van der Waals surface area contributed by atoms with E-state index in [2.05, 4.69) is 15.5 Å². The van der Waals surface area contributed by atoms with Crippen molar-refractivity contribution in [2.24, 2.45) is 5.10 Å². The van der Waals surface area contributed by atoms with Gasteiger partial charge in [0.25, 0.3) is 5.91 Å². The Labute approximate surface area is 156 Å². The minimum absolute atomic E-state index is 0.168. The van der Waals surface area contributed by atoms with Crippen molar-refractivity contribution < 1.29 is 19.0 Å². The number of benzene rings is 2. The van der Waals surface area contributed by atoms with Crippen molar-refractivity contribution in [3.63, 3.8) is 0 Å². The molecule has 0 unspecified atom stereocenters. The van der Waals surface area contributed by atoms with Gasteiger partial charge in [0.2, 0.25) is 0 Å². The topological polar surface area (TPSA) is 82.0 Å². The van der Waals surface area contributed by atoms with E-state index in [0.29, 0.717) is 22.8 Å². The highest BCUT2D eigenvalue weighted by atomic mass is 16.5. The Kier molecular flexibility index (Phi) is 5.84. The number of carbonyl (C=O) groups is 1. The Hall–Kier alpha value is -3.61. The zero-order valence-electron chi connectivity index (χ0n) is 15.0. The molecular formula is C20H19N3O4. The van der Waals surface area contributed by atoms with Gasteiger partial charge in [-0.1, -0.05) is 18.2 Å². The number of fused-ring (bicyclic) bond motifs is 1. The van der Waals surface area contributed by atoms with Gasteiger partial charge >= 0.3 is 0 Å². The van der Waals surface area contributed by atoms with Crippen LogP contribution in [-0.2, 0) is 4.79 Å². The fourth-order valence-electron chi connectivity index (χ4n) is 2.48. The highest BCUT2D eigenvalue weighted by Crippen LogP contribution is 2.26. The molecule has 0 saturated heterocycles. The molecule has 27 heavy (non-hydrogen) atoms. The molecule has 0 aliphatic heterocycles. The van der Waals surface area contributed by atoms with Gasteiger partial charge in [-0.05, 0) is 35.9 Å². The Bertz CT molecular complexity index is 967.